The van der Waals surface area contributed by atoms with E-state index in [0.29, 0.717) is 13.1 Å². The first kappa shape index (κ1) is 17.2. The van der Waals surface area contributed by atoms with Crippen molar-refractivity contribution in [3.8, 4) is 10.6 Å². The molecule has 0 bridgehead atoms. The second kappa shape index (κ2) is 6.21. The molecule has 0 radical (unpaired) electrons. The number of ether oxygens (including phenoxy) is 1. The molecule has 1 amide bonds. The highest BCUT2D eigenvalue weighted by molar-refractivity contribution is 7.22. The highest BCUT2D eigenvalue weighted by atomic mass is 32.1. The summed E-state index contributed by atoms with van der Waals surface area (Å²) in [4.78, 5) is 25.2. The van der Waals surface area contributed by atoms with Gasteiger partial charge in [-0.2, -0.15) is 0 Å². The van der Waals surface area contributed by atoms with Crippen LogP contribution in [-0.2, 0) is 17.7 Å². The maximum Gasteiger partial charge on any atom is 0.410 e. The van der Waals surface area contributed by atoms with E-state index in [2.05, 4.69) is 4.98 Å². The summed E-state index contributed by atoms with van der Waals surface area (Å²) >= 11 is 3.09. The minimum absolute atomic E-state index is 0.277. The third-order valence-corrected chi connectivity index (χ3v) is 6.16. The van der Waals surface area contributed by atoms with E-state index in [0.717, 1.165) is 37.2 Å². The number of hydrogen-bond acceptors (Lipinski definition) is 7. The summed E-state index contributed by atoms with van der Waals surface area (Å²) in [5.74, 6) is 0. The number of pyridine rings is 1. The normalized spacial score (nSPS) is 14.5. The van der Waals surface area contributed by atoms with Crippen molar-refractivity contribution < 1.29 is 9.53 Å². The molecular weight excluding hydrogens is 368 g/mol. The highest BCUT2D eigenvalue weighted by Gasteiger charge is 2.30. The quantitative estimate of drug-likeness (QED) is 0.672. The predicted molar refractivity (Wildman–Crippen MR) is 105 cm³/mol. The molecule has 4 heterocycles. The molecule has 0 spiro atoms. The van der Waals surface area contributed by atoms with Crippen molar-refractivity contribution in [3.63, 3.8) is 0 Å². The Hall–Kier alpha value is -2.19. The molecule has 4 rings (SSSR count). The van der Waals surface area contributed by atoms with E-state index in [1.54, 1.807) is 22.4 Å². The number of nitrogens with two attached hydrogens (primary N) is 1. The first-order valence-electron chi connectivity index (χ1n) is 8.42. The van der Waals surface area contributed by atoms with Gasteiger partial charge in [0.1, 0.15) is 21.0 Å². The number of carbonyl (C=O) groups is 1. The van der Waals surface area contributed by atoms with E-state index < -0.39 is 5.60 Å². The van der Waals surface area contributed by atoms with Crippen LogP contribution in [0.2, 0.25) is 0 Å². The van der Waals surface area contributed by atoms with Gasteiger partial charge >= 0.3 is 6.09 Å². The van der Waals surface area contributed by atoms with Crippen LogP contribution in [0.4, 0.5) is 9.80 Å². The number of thiophene rings is 1. The molecule has 8 heteroatoms. The Morgan fingerprint density at radius 2 is 2.15 bits per heavy atom. The van der Waals surface area contributed by atoms with Crippen LogP contribution in [0, 0.1) is 0 Å². The second-order valence-electron chi connectivity index (χ2n) is 7.24. The monoisotopic (exact) mass is 388 g/mol. The Morgan fingerprint density at radius 3 is 2.88 bits per heavy atom. The summed E-state index contributed by atoms with van der Waals surface area (Å²) in [6, 6.07) is 3.85. The van der Waals surface area contributed by atoms with Crippen molar-refractivity contribution in [2.75, 3.05) is 12.3 Å². The van der Waals surface area contributed by atoms with Gasteiger partial charge in [-0.25, -0.2) is 14.8 Å². The number of thiazole rings is 1. The minimum Gasteiger partial charge on any atom is -0.444 e. The van der Waals surface area contributed by atoms with Crippen LogP contribution in [-0.4, -0.2) is 33.1 Å². The number of aromatic nitrogens is 2. The minimum atomic E-state index is -0.495. The molecule has 0 aromatic carbocycles. The van der Waals surface area contributed by atoms with Gasteiger partial charge in [-0.3, -0.25) is 0 Å². The van der Waals surface area contributed by atoms with Gasteiger partial charge in [-0.15, -0.1) is 11.3 Å². The van der Waals surface area contributed by atoms with Crippen molar-refractivity contribution in [3.05, 3.63) is 28.8 Å². The van der Waals surface area contributed by atoms with Gasteiger partial charge in [0.2, 0.25) is 0 Å². The number of hydrogen-bond donors (Lipinski definition) is 1. The second-order valence-corrected chi connectivity index (χ2v) is 9.36. The summed E-state index contributed by atoms with van der Waals surface area (Å²) in [5.41, 5.74) is 8.93. The third kappa shape index (κ3) is 3.14. The lowest BCUT2D eigenvalue weighted by molar-refractivity contribution is 0.0227. The molecule has 136 valence electrons. The number of nitrogen functional groups attached to an aromatic ring is 1. The number of fused-ring (bicyclic) bond motifs is 2. The van der Waals surface area contributed by atoms with E-state index in [1.807, 2.05) is 32.9 Å². The Morgan fingerprint density at radius 1 is 1.35 bits per heavy atom. The van der Waals surface area contributed by atoms with Crippen molar-refractivity contribution >= 4 is 44.1 Å². The van der Waals surface area contributed by atoms with Crippen LogP contribution in [0.25, 0.3) is 20.9 Å². The van der Waals surface area contributed by atoms with Gasteiger partial charge in [-0.05, 0) is 44.9 Å². The SMILES string of the molecule is CC(C)(C)OC(=O)N1CCc2c(sc(N)c2-c2nc3cccnc3s2)C1. The fraction of sp³-hybridized carbons (Fsp3) is 0.389. The zero-order valence-electron chi connectivity index (χ0n) is 14.9. The molecule has 0 unspecified atom stereocenters. The van der Waals surface area contributed by atoms with Crippen LogP contribution in [0.3, 0.4) is 0 Å². The maximum atomic E-state index is 12.4. The van der Waals surface area contributed by atoms with Gasteiger partial charge < -0.3 is 15.4 Å². The Labute approximate surface area is 159 Å². The molecule has 0 fully saturated rings. The average Bonchev–Trinajstić information content (AvgIpc) is 3.11. The Kier molecular flexibility index (Phi) is 4.11. The zero-order chi connectivity index (χ0) is 18.5. The molecule has 2 N–H and O–H groups in total. The van der Waals surface area contributed by atoms with Crippen LogP contribution in [0.1, 0.15) is 31.2 Å². The van der Waals surface area contributed by atoms with Crippen LogP contribution in [0.15, 0.2) is 18.3 Å². The van der Waals surface area contributed by atoms with Gasteiger partial charge in [0.15, 0.2) is 0 Å². The molecular formula is C18H20N4O2S2. The highest BCUT2D eigenvalue weighted by Crippen LogP contribution is 2.43. The van der Waals surface area contributed by atoms with Crippen molar-refractivity contribution in [2.45, 2.75) is 39.3 Å². The van der Waals surface area contributed by atoms with E-state index in [1.165, 1.54) is 16.9 Å². The molecule has 6 nitrogen and oxygen atoms in total. The molecule has 3 aromatic rings. The molecule has 1 aliphatic rings. The Bertz CT molecular complexity index is 954. The first-order chi connectivity index (χ1) is 12.3. The lowest BCUT2D eigenvalue weighted by Gasteiger charge is -2.30. The number of amides is 1. The molecule has 26 heavy (non-hydrogen) atoms. The standard InChI is InChI=1S/C18H20N4O2S2/c1-18(2,3)24-17(23)22-8-6-10-12(9-22)25-14(19)13(10)16-21-11-5-4-7-20-15(11)26-16/h4-5,7H,6,8-9,19H2,1-3H3. The van der Waals surface area contributed by atoms with E-state index in [9.17, 15) is 4.79 Å². The van der Waals surface area contributed by atoms with Gasteiger partial charge in [0, 0.05) is 23.2 Å². The van der Waals surface area contributed by atoms with E-state index in [-0.39, 0.29) is 6.09 Å². The number of nitrogens with zero attached hydrogens (tertiary/aromatic N) is 3. The summed E-state index contributed by atoms with van der Waals surface area (Å²) < 4.78 is 5.50. The lowest BCUT2D eigenvalue weighted by Crippen LogP contribution is -2.39. The third-order valence-electron chi connectivity index (χ3n) is 4.12. The largest absolute Gasteiger partial charge is 0.444 e. The number of rotatable bonds is 1. The van der Waals surface area contributed by atoms with Crippen molar-refractivity contribution in [1.82, 2.24) is 14.9 Å². The molecule has 0 aliphatic carbocycles. The average molecular weight is 389 g/mol. The molecule has 3 aromatic heterocycles. The fourth-order valence-corrected chi connectivity index (χ4v) is 5.21. The predicted octanol–water partition coefficient (Wildman–Crippen LogP) is 4.30. The molecule has 0 saturated carbocycles. The van der Waals surface area contributed by atoms with Crippen LogP contribution < -0.4 is 5.73 Å². The fourth-order valence-electron chi connectivity index (χ4n) is 3.02. The summed E-state index contributed by atoms with van der Waals surface area (Å²) in [6.45, 7) is 6.78. The number of anilines is 1. The lowest BCUT2D eigenvalue weighted by atomic mass is 10.0. The molecule has 0 atom stereocenters. The summed E-state index contributed by atoms with van der Waals surface area (Å²) in [7, 11) is 0. The van der Waals surface area contributed by atoms with Crippen molar-refractivity contribution in [2.24, 2.45) is 0 Å². The molecule has 0 saturated heterocycles. The van der Waals surface area contributed by atoms with Crippen LogP contribution >= 0.6 is 22.7 Å². The topological polar surface area (TPSA) is 81.3 Å². The Balaban J connectivity index is 1.65. The van der Waals surface area contributed by atoms with Crippen molar-refractivity contribution in [1.29, 1.82) is 0 Å². The molecule has 1 aliphatic heterocycles. The summed E-state index contributed by atoms with van der Waals surface area (Å²) in [5, 5.41) is 1.65. The van der Waals surface area contributed by atoms with Gasteiger partial charge in [-0.1, -0.05) is 11.3 Å². The summed E-state index contributed by atoms with van der Waals surface area (Å²) in [6.07, 6.45) is 2.25. The van der Waals surface area contributed by atoms with Gasteiger partial charge in [0.05, 0.1) is 11.5 Å². The zero-order valence-corrected chi connectivity index (χ0v) is 16.5. The number of carbonyl (C=O) groups excluding carboxylic acids is 1. The first-order valence-corrected chi connectivity index (χ1v) is 10.0. The van der Waals surface area contributed by atoms with Gasteiger partial charge in [0.25, 0.3) is 0 Å². The smallest absolute Gasteiger partial charge is 0.410 e. The van der Waals surface area contributed by atoms with Crippen LogP contribution in [0.5, 0.6) is 0 Å². The maximum absolute atomic E-state index is 12.4. The van der Waals surface area contributed by atoms with E-state index in [4.69, 9.17) is 15.5 Å². The van der Waals surface area contributed by atoms with E-state index >= 15 is 0 Å².